The monoisotopic (exact) mass is 461 g/mol. The van der Waals surface area contributed by atoms with Gasteiger partial charge in [-0.1, -0.05) is 35.3 Å². The predicted molar refractivity (Wildman–Crippen MR) is 121 cm³/mol. The van der Waals surface area contributed by atoms with E-state index in [2.05, 4.69) is 21.8 Å². The normalized spacial score (nSPS) is 18.9. The molecule has 1 aromatic heterocycles. The molecule has 1 fully saturated rings. The zero-order valence-electron chi connectivity index (χ0n) is 17.2. The van der Waals surface area contributed by atoms with Crippen LogP contribution in [-0.4, -0.2) is 35.6 Å². The number of halogens is 3. The molecule has 3 aromatic rings. The maximum atomic E-state index is 14.7. The van der Waals surface area contributed by atoms with Gasteiger partial charge in [-0.2, -0.15) is 0 Å². The first-order valence-electron chi connectivity index (χ1n) is 10.1. The minimum absolute atomic E-state index is 0.135. The molecule has 1 aliphatic rings. The van der Waals surface area contributed by atoms with Crippen molar-refractivity contribution in [3.63, 3.8) is 0 Å². The van der Waals surface area contributed by atoms with Gasteiger partial charge in [0, 0.05) is 19.0 Å². The molecule has 5 nitrogen and oxygen atoms in total. The highest BCUT2D eigenvalue weighted by molar-refractivity contribution is 6.42. The molecule has 2 heterocycles. The first-order valence-corrected chi connectivity index (χ1v) is 10.9. The van der Waals surface area contributed by atoms with Gasteiger partial charge in [0.1, 0.15) is 23.5 Å². The van der Waals surface area contributed by atoms with Crippen LogP contribution in [0.15, 0.2) is 36.7 Å². The van der Waals surface area contributed by atoms with Crippen molar-refractivity contribution in [2.24, 2.45) is 5.92 Å². The summed E-state index contributed by atoms with van der Waals surface area (Å²) in [5.41, 5.74) is 1.81. The van der Waals surface area contributed by atoms with Crippen LogP contribution in [0, 0.1) is 11.7 Å². The highest BCUT2D eigenvalue weighted by Gasteiger charge is 2.30. The Labute approximate surface area is 190 Å². The van der Waals surface area contributed by atoms with Crippen LogP contribution in [-0.2, 0) is 9.53 Å². The Morgan fingerprint density at radius 1 is 1.19 bits per heavy atom. The van der Waals surface area contributed by atoms with Crippen molar-refractivity contribution < 1.29 is 13.9 Å². The summed E-state index contributed by atoms with van der Waals surface area (Å²) in [5, 5.41) is 1.48. The number of rotatable bonds is 4. The molecule has 2 unspecified atom stereocenters. The molecule has 2 aromatic carbocycles. The molecule has 1 aliphatic heterocycles. The van der Waals surface area contributed by atoms with Crippen molar-refractivity contribution >= 4 is 45.9 Å². The molecule has 2 atom stereocenters. The number of nitrogens with zero attached hydrogens (tertiary/aromatic N) is 3. The number of hydrogen-bond donors (Lipinski definition) is 0. The fraction of sp³-hybridized carbons (Fsp3) is 0.348. The minimum atomic E-state index is -0.418. The average molecular weight is 462 g/mol. The molecule has 162 valence electrons. The zero-order valence-corrected chi connectivity index (χ0v) is 18.8. The first-order chi connectivity index (χ1) is 14.9. The third-order valence-corrected chi connectivity index (χ3v) is 6.62. The number of fused-ring (bicyclic) bond motifs is 1. The van der Waals surface area contributed by atoms with Crippen molar-refractivity contribution in [3.8, 4) is 11.1 Å². The summed E-state index contributed by atoms with van der Waals surface area (Å²) < 4.78 is 19.6. The van der Waals surface area contributed by atoms with Gasteiger partial charge < -0.3 is 9.64 Å². The highest BCUT2D eigenvalue weighted by Crippen LogP contribution is 2.39. The third-order valence-electron chi connectivity index (χ3n) is 5.88. The van der Waals surface area contributed by atoms with Crippen LogP contribution >= 0.6 is 23.2 Å². The summed E-state index contributed by atoms with van der Waals surface area (Å²) >= 11 is 12.3. The molecule has 0 N–H and O–H groups in total. The van der Waals surface area contributed by atoms with Crippen molar-refractivity contribution in [1.29, 1.82) is 0 Å². The minimum Gasteiger partial charge on any atom is -0.469 e. The van der Waals surface area contributed by atoms with Crippen LogP contribution in [0.3, 0.4) is 0 Å². The smallest absolute Gasteiger partial charge is 0.305 e. The summed E-state index contributed by atoms with van der Waals surface area (Å²) in [4.78, 5) is 22.7. The molecular formula is C23H22Cl2FN3O2. The van der Waals surface area contributed by atoms with Crippen LogP contribution in [0.5, 0.6) is 0 Å². The van der Waals surface area contributed by atoms with Gasteiger partial charge in [-0.05, 0) is 55.0 Å². The average Bonchev–Trinajstić information content (AvgIpc) is 2.77. The second kappa shape index (κ2) is 8.97. The summed E-state index contributed by atoms with van der Waals surface area (Å²) in [6.45, 7) is 2.74. The molecule has 1 saturated heterocycles. The number of esters is 1. The Morgan fingerprint density at radius 2 is 2.00 bits per heavy atom. The largest absolute Gasteiger partial charge is 0.469 e. The number of hydrogen-bond acceptors (Lipinski definition) is 5. The lowest BCUT2D eigenvalue weighted by atomic mass is 9.90. The molecule has 0 amide bonds. The van der Waals surface area contributed by atoms with Gasteiger partial charge in [-0.15, -0.1) is 0 Å². The number of carbonyl (C=O) groups excluding carboxylic acids is 1. The summed E-state index contributed by atoms with van der Waals surface area (Å²) in [5.74, 6) is 0.135. The second-order valence-electron chi connectivity index (χ2n) is 7.87. The predicted octanol–water partition coefficient (Wildman–Crippen LogP) is 5.91. The lowest BCUT2D eigenvalue weighted by Crippen LogP contribution is -2.43. The van der Waals surface area contributed by atoms with E-state index >= 15 is 0 Å². The Hall–Kier alpha value is -2.44. The SMILES string of the molecule is COC(=O)CC1CCC(C)N(c2ncnc3c(F)ccc(-c4ccc(Cl)c(Cl)c4)c23)C1. The van der Waals surface area contributed by atoms with Crippen LogP contribution in [0.25, 0.3) is 22.0 Å². The lowest BCUT2D eigenvalue weighted by molar-refractivity contribution is -0.141. The maximum Gasteiger partial charge on any atom is 0.305 e. The maximum absolute atomic E-state index is 14.7. The van der Waals surface area contributed by atoms with Crippen LogP contribution < -0.4 is 4.90 Å². The standard InChI is InChI=1S/C23H22Cl2FN3O2/c1-13-3-4-14(9-20(30)31-2)11-29(13)23-21-16(15-5-7-17(24)18(25)10-15)6-8-19(26)22(21)27-12-28-23/h5-8,10,12-14H,3-4,9,11H2,1-2H3. The van der Waals surface area contributed by atoms with Crippen molar-refractivity contribution in [2.45, 2.75) is 32.2 Å². The van der Waals surface area contributed by atoms with Gasteiger partial charge in [0.15, 0.2) is 0 Å². The second-order valence-corrected chi connectivity index (χ2v) is 8.68. The number of anilines is 1. The van der Waals surface area contributed by atoms with Crippen LogP contribution in [0.1, 0.15) is 26.2 Å². The van der Waals surface area contributed by atoms with E-state index in [1.54, 1.807) is 18.2 Å². The van der Waals surface area contributed by atoms with Gasteiger partial charge in [0.2, 0.25) is 0 Å². The number of methoxy groups -OCH3 is 1. The molecule has 8 heteroatoms. The number of carbonyl (C=O) groups is 1. The Morgan fingerprint density at radius 3 is 2.74 bits per heavy atom. The molecule has 0 radical (unpaired) electrons. The molecular weight excluding hydrogens is 440 g/mol. The topological polar surface area (TPSA) is 55.3 Å². The molecule has 31 heavy (non-hydrogen) atoms. The molecule has 0 aliphatic carbocycles. The van der Waals surface area contributed by atoms with Crippen molar-refractivity contribution in [2.75, 3.05) is 18.6 Å². The summed E-state index contributed by atoms with van der Waals surface area (Å²) in [7, 11) is 1.40. The van der Waals surface area contributed by atoms with E-state index in [4.69, 9.17) is 27.9 Å². The van der Waals surface area contributed by atoms with E-state index in [1.165, 1.54) is 19.5 Å². The lowest BCUT2D eigenvalue weighted by Gasteiger charge is -2.39. The zero-order chi connectivity index (χ0) is 22.1. The van der Waals surface area contributed by atoms with Gasteiger partial charge in [-0.25, -0.2) is 14.4 Å². The fourth-order valence-electron chi connectivity index (χ4n) is 4.21. The Balaban J connectivity index is 1.85. The first kappa shape index (κ1) is 21.8. The molecule has 0 spiro atoms. The summed E-state index contributed by atoms with van der Waals surface area (Å²) in [6.07, 6.45) is 3.54. The van der Waals surface area contributed by atoms with Gasteiger partial charge in [0.25, 0.3) is 0 Å². The van der Waals surface area contributed by atoms with E-state index < -0.39 is 5.82 Å². The van der Waals surface area contributed by atoms with Gasteiger partial charge in [0.05, 0.1) is 22.5 Å². The quantitative estimate of drug-likeness (QED) is 0.451. The fourth-order valence-corrected chi connectivity index (χ4v) is 4.51. The number of aromatic nitrogens is 2. The molecule has 0 saturated carbocycles. The van der Waals surface area contributed by atoms with Crippen molar-refractivity contribution in [3.05, 3.63) is 52.5 Å². The van der Waals surface area contributed by atoms with Gasteiger partial charge in [-0.3, -0.25) is 4.79 Å². The number of ether oxygens (including phenoxy) is 1. The summed E-state index contributed by atoms with van der Waals surface area (Å²) in [6, 6.07) is 8.61. The van der Waals surface area contributed by atoms with Crippen molar-refractivity contribution in [1.82, 2.24) is 9.97 Å². The van der Waals surface area contributed by atoms with Crippen LogP contribution in [0.4, 0.5) is 10.2 Å². The van der Waals surface area contributed by atoms with E-state index in [9.17, 15) is 9.18 Å². The van der Waals surface area contributed by atoms with E-state index in [0.717, 1.165) is 24.0 Å². The van der Waals surface area contributed by atoms with E-state index in [-0.39, 0.29) is 23.4 Å². The van der Waals surface area contributed by atoms with E-state index in [1.807, 2.05) is 6.07 Å². The highest BCUT2D eigenvalue weighted by atomic mass is 35.5. The third kappa shape index (κ3) is 4.32. The Bertz CT molecular complexity index is 1140. The number of piperidine rings is 1. The van der Waals surface area contributed by atoms with Gasteiger partial charge >= 0.3 is 5.97 Å². The van der Waals surface area contributed by atoms with Crippen LogP contribution in [0.2, 0.25) is 10.0 Å². The Kier molecular flexibility index (Phi) is 6.30. The van der Waals surface area contributed by atoms with E-state index in [0.29, 0.717) is 34.2 Å². The molecule has 4 rings (SSSR count). The number of benzene rings is 2. The molecule has 0 bridgehead atoms.